The van der Waals surface area contributed by atoms with Gasteiger partial charge in [-0.2, -0.15) is 0 Å². The van der Waals surface area contributed by atoms with Gasteiger partial charge in [-0.25, -0.2) is 4.98 Å². The minimum atomic E-state index is -0.230. The lowest BCUT2D eigenvalue weighted by Gasteiger charge is -1.98. The lowest BCUT2D eigenvalue weighted by Crippen LogP contribution is -2.19. The number of anilines is 1. The van der Waals surface area contributed by atoms with Gasteiger partial charge in [-0.15, -0.1) is 0 Å². The van der Waals surface area contributed by atoms with Crippen LogP contribution in [0.4, 0.5) is 5.13 Å². The van der Waals surface area contributed by atoms with E-state index in [9.17, 15) is 4.79 Å². The maximum Gasteiger partial charge on any atom is 0.232 e. The highest BCUT2D eigenvalue weighted by Crippen LogP contribution is 2.25. The van der Waals surface area contributed by atoms with Crippen molar-refractivity contribution in [2.24, 2.45) is 5.73 Å². The molecule has 16 heavy (non-hydrogen) atoms. The second-order valence-electron chi connectivity index (χ2n) is 3.18. The van der Waals surface area contributed by atoms with Crippen LogP contribution >= 0.6 is 23.6 Å². The molecule has 1 aromatic heterocycles. The summed E-state index contributed by atoms with van der Waals surface area (Å²) in [6, 6.07) is 7.69. The first-order valence-corrected chi connectivity index (χ1v) is 5.81. The van der Waals surface area contributed by atoms with E-state index in [1.807, 2.05) is 24.3 Å². The Balaban J connectivity index is 2.15. The Kier molecular flexibility index (Phi) is 3.12. The van der Waals surface area contributed by atoms with Gasteiger partial charge in [0.15, 0.2) is 5.13 Å². The number of rotatable bonds is 3. The van der Waals surface area contributed by atoms with Crippen LogP contribution in [0.3, 0.4) is 0 Å². The fourth-order valence-electron chi connectivity index (χ4n) is 1.25. The number of hydrogen-bond donors (Lipinski definition) is 2. The topological polar surface area (TPSA) is 68.0 Å². The van der Waals surface area contributed by atoms with E-state index in [0.29, 0.717) is 5.13 Å². The van der Waals surface area contributed by atoms with Crippen LogP contribution in [0.1, 0.15) is 6.42 Å². The number of amides is 1. The average molecular weight is 251 g/mol. The van der Waals surface area contributed by atoms with Gasteiger partial charge in [0, 0.05) is 0 Å². The van der Waals surface area contributed by atoms with Crippen LogP contribution in [0.15, 0.2) is 24.3 Å². The van der Waals surface area contributed by atoms with E-state index in [1.54, 1.807) is 0 Å². The SMILES string of the molecule is NC(=S)CC(=O)Nc1nc2ccccc2s1. The van der Waals surface area contributed by atoms with E-state index in [0.717, 1.165) is 10.2 Å². The van der Waals surface area contributed by atoms with Crippen molar-refractivity contribution in [3.05, 3.63) is 24.3 Å². The van der Waals surface area contributed by atoms with E-state index >= 15 is 0 Å². The van der Waals surface area contributed by atoms with E-state index in [2.05, 4.69) is 22.5 Å². The molecule has 0 spiro atoms. The summed E-state index contributed by atoms with van der Waals surface area (Å²) >= 11 is 6.08. The fraction of sp³-hybridized carbons (Fsp3) is 0.100. The normalized spacial score (nSPS) is 10.2. The molecule has 1 amide bonds. The molecule has 0 fully saturated rings. The maximum absolute atomic E-state index is 11.4. The molecule has 3 N–H and O–H groups in total. The van der Waals surface area contributed by atoms with E-state index < -0.39 is 0 Å². The summed E-state index contributed by atoms with van der Waals surface area (Å²) in [5, 5.41) is 3.24. The van der Waals surface area contributed by atoms with Gasteiger partial charge >= 0.3 is 0 Å². The molecule has 2 aromatic rings. The van der Waals surface area contributed by atoms with Gasteiger partial charge in [-0.3, -0.25) is 4.79 Å². The average Bonchev–Trinajstić information content (AvgIpc) is 2.57. The fourth-order valence-corrected chi connectivity index (χ4v) is 2.26. The first-order valence-electron chi connectivity index (χ1n) is 4.59. The summed E-state index contributed by atoms with van der Waals surface area (Å²) in [6.07, 6.45) is 0.0469. The highest BCUT2D eigenvalue weighted by atomic mass is 32.1. The number of thiazole rings is 1. The second kappa shape index (κ2) is 4.54. The molecule has 4 nitrogen and oxygen atoms in total. The Hall–Kier alpha value is -1.53. The van der Waals surface area contributed by atoms with Crippen LogP contribution in [-0.2, 0) is 4.79 Å². The molecule has 0 saturated carbocycles. The monoisotopic (exact) mass is 251 g/mol. The minimum absolute atomic E-state index is 0.0469. The molecule has 1 aromatic carbocycles. The number of fused-ring (bicyclic) bond motifs is 1. The van der Waals surface area contributed by atoms with Crippen LogP contribution in [0.2, 0.25) is 0 Å². The molecule has 0 bridgehead atoms. The first kappa shape index (κ1) is 11.0. The van der Waals surface area contributed by atoms with Crippen molar-refractivity contribution in [3.8, 4) is 0 Å². The molecule has 1 heterocycles. The van der Waals surface area contributed by atoms with Gasteiger partial charge in [0.25, 0.3) is 0 Å². The van der Waals surface area contributed by atoms with Gasteiger partial charge in [0.2, 0.25) is 5.91 Å². The summed E-state index contributed by atoms with van der Waals surface area (Å²) in [4.78, 5) is 15.8. The Morgan fingerprint density at radius 2 is 2.25 bits per heavy atom. The highest BCUT2D eigenvalue weighted by Gasteiger charge is 2.07. The molecule has 0 aliphatic carbocycles. The zero-order valence-corrected chi connectivity index (χ0v) is 9.90. The smallest absolute Gasteiger partial charge is 0.232 e. The number of para-hydroxylation sites is 1. The second-order valence-corrected chi connectivity index (χ2v) is 4.73. The third-order valence-electron chi connectivity index (χ3n) is 1.88. The standard InChI is InChI=1S/C10H9N3OS2/c11-8(15)5-9(14)13-10-12-6-3-1-2-4-7(6)16-10/h1-4H,5H2,(H2,11,15)(H,12,13,14). The van der Waals surface area contributed by atoms with Crippen LogP contribution in [0.25, 0.3) is 10.2 Å². The van der Waals surface area contributed by atoms with E-state index in [1.165, 1.54) is 11.3 Å². The van der Waals surface area contributed by atoms with Crippen molar-refractivity contribution < 1.29 is 4.79 Å². The number of hydrogen-bond acceptors (Lipinski definition) is 4. The van der Waals surface area contributed by atoms with Crippen LogP contribution in [-0.4, -0.2) is 15.9 Å². The molecule has 0 atom stereocenters. The third-order valence-corrected chi connectivity index (χ3v) is 2.97. The van der Waals surface area contributed by atoms with Crippen molar-refractivity contribution >= 4 is 49.8 Å². The Morgan fingerprint density at radius 1 is 1.50 bits per heavy atom. The van der Waals surface area contributed by atoms with Crippen molar-refractivity contribution in [2.75, 3.05) is 5.32 Å². The van der Waals surface area contributed by atoms with Crippen LogP contribution in [0.5, 0.6) is 0 Å². The highest BCUT2D eigenvalue weighted by molar-refractivity contribution is 7.80. The molecular formula is C10H9N3OS2. The molecule has 0 aliphatic heterocycles. The van der Waals surface area contributed by atoms with Crippen molar-refractivity contribution in [1.82, 2.24) is 4.98 Å². The van der Waals surface area contributed by atoms with Crippen molar-refractivity contribution in [2.45, 2.75) is 6.42 Å². The summed E-state index contributed by atoms with van der Waals surface area (Å²) in [6.45, 7) is 0. The van der Waals surface area contributed by atoms with Crippen molar-refractivity contribution in [3.63, 3.8) is 0 Å². The van der Waals surface area contributed by atoms with Gasteiger partial charge in [-0.1, -0.05) is 35.7 Å². The van der Waals surface area contributed by atoms with Crippen LogP contribution in [0, 0.1) is 0 Å². The number of nitrogens with one attached hydrogen (secondary N) is 1. The van der Waals surface area contributed by atoms with E-state index in [4.69, 9.17) is 5.73 Å². The quantitative estimate of drug-likeness (QED) is 0.818. The predicted octanol–water partition coefficient (Wildman–Crippen LogP) is 1.91. The molecular weight excluding hydrogens is 242 g/mol. The van der Waals surface area contributed by atoms with Crippen molar-refractivity contribution in [1.29, 1.82) is 0 Å². The molecule has 0 unspecified atom stereocenters. The first-order chi connectivity index (χ1) is 7.65. The Morgan fingerprint density at radius 3 is 2.94 bits per heavy atom. The number of benzene rings is 1. The summed E-state index contributed by atoms with van der Waals surface area (Å²) in [5.74, 6) is -0.230. The molecule has 0 aliphatic rings. The van der Waals surface area contributed by atoms with Crippen LogP contribution < -0.4 is 11.1 Å². The number of carbonyl (C=O) groups excluding carboxylic acids is 1. The van der Waals surface area contributed by atoms with Gasteiger partial charge < -0.3 is 11.1 Å². The van der Waals surface area contributed by atoms with Gasteiger partial charge in [0.1, 0.15) is 0 Å². The third kappa shape index (κ3) is 2.53. The predicted molar refractivity (Wildman–Crippen MR) is 69.7 cm³/mol. The largest absolute Gasteiger partial charge is 0.393 e. The van der Waals surface area contributed by atoms with Gasteiger partial charge in [-0.05, 0) is 12.1 Å². The summed E-state index contributed by atoms with van der Waals surface area (Å²) in [7, 11) is 0. The Bertz CT molecular complexity index is 517. The Labute approximate surface area is 101 Å². The van der Waals surface area contributed by atoms with E-state index in [-0.39, 0.29) is 17.3 Å². The number of thiocarbonyl (C=S) groups is 1. The molecule has 2 rings (SSSR count). The maximum atomic E-state index is 11.4. The molecule has 0 radical (unpaired) electrons. The van der Waals surface area contributed by atoms with Gasteiger partial charge in [0.05, 0.1) is 21.6 Å². The molecule has 6 heteroatoms. The molecule has 0 saturated heterocycles. The zero-order valence-electron chi connectivity index (χ0n) is 8.27. The zero-order chi connectivity index (χ0) is 11.5. The number of nitrogens with zero attached hydrogens (tertiary/aromatic N) is 1. The summed E-state index contributed by atoms with van der Waals surface area (Å²) < 4.78 is 1.04. The summed E-state index contributed by atoms with van der Waals surface area (Å²) in [5.41, 5.74) is 6.15. The number of nitrogens with two attached hydrogens (primary N) is 1. The number of carbonyl (C=O) groups is 1. The lowest BCUT2D eigenvalue weighted by molar-refractivity contribution is -0.115. The number of aromatic nitrogens is 1. The molecule has 82 valence electrons. The lowest BCUT2D eigenvalue weighted by atomic mass is 10.3. The minimum Gasteiger partial charge on any atom is -0.393 e.